The third-order valence-electron chi connectivity index (χ3n) is 3.98. The third kappa shape index (κ3) is 4.19. The molecule has 0 unspecified atom stereocenters. The lowest BCUT2D eigenvalue weighted by Crippen LogP contribution is -2.43. The van der Waals surface area contributed by atoms with E-state index in [9.17, 15) is 12.8 Å². The first-order valence-electron chi connectivity index (χ1n) is 7.57. The van der Waals surface area contributed by atoms with Crippen LogP contribution >= 0.6 is 11.6 Å². The standard InChI is InChI=1S/C15H22ClFN2O2S/c1-18(12-13-14(16)8-7-9-15(13)17)22(20,21)19-10-5-3-2-4-6-11-19/h7-9H,2-6,10-12H2,1H3. The molecule has 1 aliphatic heterocycles. The molecule has 0 atom stereocenters. The summed E-state index contributed by atoms with van der Waals surface area (Å²) in [6.07, 6.45) is 5.00. The largest absolute Gasteiger partial charge is 0.282 e. The van der Waals surface area contributed by atoms with Gasteiger partial charge in [-0.1, -0.05) is 36.9 Å². The van der Waals surface area contributed by atoms with Gasteiger partial charge in [-0.25, -0.2) is 4.39 Å². The maximum absolute atomic E-state index is 13.8. The van der Waals surface area contributed by atoms with Crippen LogP contribution in [0.25, 0.3) is 0 Å². The molecule has 4 nitrogen and oxygen atoms in total. The van der Waals surface area contributed by atoms with Crippen molar-refractivity contribution in [1.29, 1.82) is 0 Å². The van der Waals surface area contributed by atoms with Crippen LogP contribution in [0.5, 0.6) is 0 Å². The van der Waals surface area contributed by atoms with E-state index in [0.29, 0.717) is 13.1 Å². The van der Waals surface area contributed by atoms with E-state index >= 15 is 0 Å². The molecule has 7 heteroatoms. The number of benzene rings is 1. The fourth-order valence-electron chi connectivity index (χ4n) is 2.63. The lowest BCUT2D eigenvalue weighted by molar-refractivity contribution is 0.327. The van der Waals surface area contributed by atoms with Gasteiger partial charge < -0.3 is 0 Å². The molecule has 0 bridgehead atoms. The van der Waals surface area contributed by atoms with Crippen molar-refractivity contribution < 1.29 is 12.8 Å². The molecule has 1 aliphatic rings. The van der Waals surface area contributed by atoms with Gasteiger partial charge in [0.2, 0.25) is 0 Å². The van der Waals surface area contributed by atoms with Crippen LogP contribution in [0.3, 0.4) is 0 Å². The van der Waals surface area contributed by atoms with Gasteiger partial charge in [-0.3, -0.25) is 0 Å². The SMILES string of the molecule is CN(Cc1c(F)cccc1Cl)S(=O)(=O)N1CCCCCCC1. The number of nitrogens with zero attached hydrogens (tertiary/aromatic N) is 2. The van der Waals surface area contributed by atoms with Crippen LogP contribution in [0.1, 0.15) is 37.7 Å². The molecule has 0 amide bonds. The summed E-state index contributed by atoms with van der Waals surface area (Å²) in [6, 6.07) is 4.36. The molecule has 1 fully saturated rings. The summed E-state index contributed by atoms with van der Waals surface area (Å²) in [6.45, 7) is 0.986. The van der Waals surface area contributed by atoms with Crippen molar-refractivity contribution in [3.05, 3.63) is 34.6 Å². The minimum Gasteiger partial charge on any atom is -0.207 e. The molecule has 1 aromatic carbocycles. The van der Waals surface area contributed by atoms with Crippen LogP contribution < -0.4 is 0 Å². The summed E-state index contributed by atoms with van der Waals surface area (Å²) < 4.78 is 41.8. The normalized spacial score (nSPS) is 18.2. The van der Waals surface area contributed by atoms with Crippen molar-refractivity contribution in [2.75, 3.05) is 20.1 Å². The summed E-state index contributed by atoms with van der Waals surface area (Å²) in [5.74, 6) is -0.484. The van der Waals surface area contributed by atoms with Crippen LogP contribution in [0.2, 0.25) is 5.02 Å². The van der Waals surface area contributed by atoms with Crippen LogP contribution in [-0.2, 0) is 16.8 Å². The van der Waals surface area contributed by atoms with Gasteiger partial charge in [-0.2, -0.15) is 17.0 Å². The molecule has 2 rings (SSSR count). The van der Waals surface area contributed by atoms with Crippen LogP contribution in [0.4, 0.5) is 4.39 Å². The Bertz CT molecular complexity index is 581. The zero-order valence-electron chi connectivity index (χ0n) is 12.8. The molecule has 0 N–H and O–H groups in total. The average Bonchev–Trinajstić information content (AvgIpc) is 2.42. The topological polar surface area (TPSA) is 40.6 Å². The highest BCUT2D eigenvalue weighted by atomic mass is 35.5. The van der Waals surface area contributed by atoms with Crippen LogP contribution in [-0.4, -0.2) is 37.2 Å². The Morgan fingerprint density at radius 3 is 2.36 bits per heavy atom. The average molecular weight is 349 g/mol. The first-order valence-corrected chi connectivity index (χ1v) is 9.34. The maximum atomic E-state index is 13.8. The fraction of sp³-hybridized carbons (Fsp3) is 0.600. The molecule has 0 spiro atoms. The molecule has 0 aromatic heterocycles. The Kier molecular flexibility index (Phi) is 6.20. The number of hydrogen-bond acceptors (Lipinski definition) is 2. The van der Waals surface area contributed by atoms with E-state index in [-0.39, 0.29) is 17.1 Å². The van der Waals surface area contributed by atoms with Crippen molar-refractivity contribution in [3.8, 4) is 0 Å². The highest BCUT2D eigenvalue weighted by Crippen LogP contribution is 2.23. The molecule has 22 heavy (non-hydrogen) atoms. The second kappa shape index (κ2) is 7.73. The van der Waals surface area contributed by atoms with Gasteiger partial charge in [-0.05, 0) is 25.0 Å². The lowest BCUT2D eigenvalue weighted by atomic mass is 10.1. The Labute approximate surface area is 137 Å². The molecular formula is C15H22ClFN2O2S. The molecule has 124 valence electrons. The van der Waals surface area contributed by atoms with Crippen molar-refractivity contribution in [3.63, 3.8) is 0 Å². The molecule has 1 heterocycles. The lowest BCUT2D eigenvalue weighted by Gasteiger charge is -2.29. The molecule has 0 radical (unpaired) electrons. The summed E-state index contributed by atoms with van der Waals surface area (Å²) >= 11 is 5.98. The minimum atomic E-state index is -3.59. The quantitative estimate of drug-likeness (QED) is 0.836. The molecule has 0 saturated carbocycles. The van der Waals surface area contributed by atoms with E-state index in [4.69, 9.17) is 11.6 Å². The van der Waals surface area contributed by atoms with E-state index in [1.807, 2.05) is 0 Å². The second-order valence-electron chi connectivity index (χ2n) is 5.63. The fourth-order valence-corrected chi connectivity index (χ4v) is 4.26. The van der Waals surface area contributed by atoms with Gasteiger partial charge >= 0.3 is 0 Å². The Morgan fingerprint density at radius 1 is 1.18 bits per heavy atom. The monoisotopic (exact) mass is 348 g/mol. The van der Waals surface area contributed by atoms with Gasteiger partial charge in [0.15, 0.2) is 0 Å². The Balaban J connectivity index is 2.14. The maximum Gasteiger partial charge on any atom is 0.282 e. The van der Waals surface area contributed by atoms with Crippen molar-refractivity contribution in [2.24, 2.45) is 0 Å². The Morgan fingerprint density at radius 2 is 1.77 bits per heavy atom. The summed E-state index contributed by atoms with van der Waals surface area (Å²) in [5.41, 5.74) is 0.210. The van der Waals surface area contributed by atoms with Gasteiger partial charge in [0.25, 0.3) is 10.2 Å². The zero-order chi connectivity index (χ0) is 16.2. The molecular weight excluding hydrogens is 327 g/mol. The summed E-state index contributed by atoms with van der Waals surface area (Å²) in [4.78, 5) is 0. The van der Waals surface area contributed by atoms with E-state index in [2.05, 4.69) is 0 Å². The minimum absolute atomic E-state index is 0.0651. The predicted molar refractivity (Wildman–Crippen MR) is 86.5 cm³/mol. The molecule has 0 aliphatic carbocycles. The smallest absolute Gasteiger partial charge is 0.207 e. The second-order valence-corrected chi connectivity index (χ2v) is 8.07. The first kappa shape index (κ1) is 17.7. The van der Waals surface area contributed by atoms with E-state index < -0.39 is 16.0 Å². The summed E-state index contributed by atoms with van der Waals surface area (Å²) in [7, 11) is -2.12. The van der Waals surface area contributed by atoms with Crippen molar-refractivity contribution in [2.45, 2.75) is 38.6 Å². The van der Waals surface area contributed by atoms with Gasteiger partial charge in [0.05, 0.1) is 0 Å². The van der Waals surface area contributed by atoms with Gasteiger partial charge in [-0.15, -0.1) is 0 Å². The van der Waals surface area contributed by atoms with Crippen LogP contribution in [0, 0.1) is 5.82 Å². The van der Waals surface area contributed by atoms with Crippen molar-refractivity contribution in [1.82, 2.24) is 8.61 Å². The molecule has 1 saturated heterocycles. The number of hydrogen-bond donors (Lipinski definition) is 0. The Hall–Kier alpha value is -0.690. The van der Waals surface area contributed by atoms with E-state index in [0.717, 1.165) is 32.1 Å². The van der Waals surface area contributed by atoms with E-state index in [1.165, 1.54) is 27.8 Å². The van der Waals surface area contributed by atoms with Gasteiger partial charge in [0.1, 0.15) is 5.82 Å². The first-order chi connectivity index (χ1) is 10.4. The van der Waals surface area contributed by atoms with Gasteiger partial charge in [0, 0.05) is 37.3 Å². The summed E-state index contributed by atoms with van der Waals surface area (Å²) in [5, 5.41) is 0.245. The molecule has 1 aromatic rings. The number of halogens is 2. The third-order valence-corrected chi connectivity index (χ3v) is 6.27. The van der Waals surface area contributed by atoms with Crippen LogP contribution in [0.15, 0.2) is 18.2 Å². The predicted octanol–water partition coefficient (Wildman–Crippen LogP) is 3.42. The van der Waals surface area contributed by atoms with E-state index in [1.54, 1.807) is 6.07 Å². The number of rotatable bonds is 4. The van der Waals surface area contributed by atoms with Crippen molar-refractivity contribution >= 4 is 21.8 Å². The highest BCUT2D eigenvalue weighted by Gasteiger charge is 2.28. The zero-order valence-corrected chi connectivity index (χ0v) is 14.3. The highest BCUT2D eigenvalue weighted by molar-refractivity contribution is 7.86.